The minimum absolute atomic E-state index is 0.0236. The standard InChI is InChI=1S/C25H26F6N2O2/c1-16-14-17(26)6-7-18(16)20-15-32-11-8-23(20)9-12-33(13-10-23)22(34)24(27,28)19-4-2-3-5-21(19)35-25(29,30)31/h2-7,14,20,32H,8-13,15H2,1H3/t20-/m0/s1. The van der Waals surface area contributed by atoms with E-state index in [1.54, 1.807) is 6.07 Å². The molecule has 1 amide bonds. The highest BCUT2D eigenvalue weighted by Gasteiger charge is 2.51. The Labute approximate surface area is 199 Å². The van der Waals surface area contributed by atoms with Crippen LogP contribution >= 0.6 is 0 Å². The smallest absolute Gasteiger partial charge is 0.405 e. The van der Waals surface area contributed by atoms with Crippen LogP contribution in [0.1, 0.15) is 41.9 Å². The van der Waals surface area contributed by atoms with Crippen molar-refractivity contribution in [3.05, 3.63) is 65.0 Å². The van der Waals surface area contributed by atoms with Crippen molar-refractivity contribution in [3.63, 3.8) is 0 Å². The molecule has 10 heteroatoms. The maximum atomic E-state index is 15.2. The lowest BCUT2D eigenvalue weighted by molar-refractivity contribution is -0.275. The van der Waals surface area contributed by atoms with Crippen molar-refractivity contribution in [2.75, 3.05) is 26.2 Å². The Morgan fingerprint density at radius 2 is 1.74 bits per heavy atom. The molecule has 2 aromatic carbocycles. The SMILES string of the molecule is Cc1cc(F)ccc1[C@@H]1CNCCC12CCN(C(=O)C(F)(F)c1ccccc1OC(F)(F)F)CC2. The zero-order valence-electron chi connectivity index (χ0n) is 19.1. The second-order valence-corrected chi connectivity index (χ2v) is 9.28. The number of ether oxygens (including phenoxy) is 1. The third-order valence-corrected chi connectivity index (χ3v) is 7.26. The highest BCUT2D eigenvalue weighted by atomic mass is 19.4. The van der Waals surface area contributed by atoms with E-state index in [0.29, 0.717) is 19.4 Å². The van der Waals surface area contributed by atoms with E-state index in [2.05, 4.69) is 10.1 Å². The average Bonchev–Trinajstić information content (AvgIpc) is 2.79. The maximum absolute atomic E-state index is 15.2. The molecule has 2 saturated heterocycles. The van der Waals surface area contributed by atoms with Crippen LogP contribution in [-0.2, 0) is 10.7 Å². The summed E-state index contributed by atoms with van der Waals surface area (Å²) in [5, 5.41) is 3.35. The number of carbonyl (C=O) groups is 1. The zero-order valence-corrected chi connectivity index (χ0v) is 19.1. The van der Waals surface area contributed by atoms with E-state index in [1.807, 2.05) is 6.92 Å². The van der Waals surface area contributed by atoms with Crippen molar-refractivity contribution in [3.8, 4) is 5.75 Å². The van der Waals surface area contributed by atoms with Crippen LogP contribution in [0.25, 0.3) is 0 Å². The number of carbonyl (C=O) groups excluding carboxylic acids is 1. The molecule has 0 aliphatic carbocycles. The molecule has 2 aliphatic heterocycles. The number of nitrogens with zero attached hydrogens (tertiary/aromatic N) is 1. The molecule has 2 aliphatic rings. The van der Waals surface area contributed by atoms with Crippen molar-refractivity contribution in [1.29, 1.82) is 0 Å². The average molecular weight is 500 g/mol. The van der Waals surface area contributed by atoms with Crippen LogP contribution in [0, 0.1) is 18.2 Å². The molecule has 0 aromatic heterocycles. The van der Waals surface area contributed by atoms with Crippen LogP contribution < -0.4 is 10.1 Å². The summed E-state index contributed by atoms with van der Waals surface area (Å²) < 4.78 is 85.8. The molecule has 1 N–H and O–H groups in total. The second-order valence-electron chi connectivity index (χ2n) is 9.28. The van der Waals surface area contributed by atoms with Crippen molar-refractivity contribution >= 4 is 5.91 Å². The third kappa shape index (κ3) is 5.12. The Balaban J connectivity index is 1.53. The van der Waals surface area contributed by atoms with Gasteiger partial charge in [0.2, 0.25) is 0 Å². The van der Waals surface area contributed by atoms with Crippen LogP contribution in [0.4, 0.5) is 26.3 Å². The lowest BCUT2D eigenvalue weighted by Gasteiger charge is -2.50. The summed E-state index contributed by atoms with van der Waals surface area (Å²) in [4.78, 5) is 13.9. The van der Waals surface area contributed by atoms with Gasteiger partial charge in [-0.15, -0.1) is 13.2 Å². The molecular formula is C25H26F6N2O2. The Hall–Kier alpha value is -2.75. The highest BCUT2D eigenvalue weighted by Crippen LogP contribution is 2.50. The van der Waals surface area contributed by atoms with Crippen LogP contribution in [0.3, 0.4) is 0 Å². The summed E-state index contributed by atoms with van der Waals surface area (Å²) in [6.07, 6.45) is -3.48. The minimum Gasteiger partial charge on any atom is -0.405 e. The highest BCUT2D eigenvalue weighted by molar-refractivity contribution is 5.85. The molecule has 2 aromatic rings. The Bertz CT molecular complexity index is 1080. The largest absolute Gasteiger partial charge is 0.573 e. The first-order chi connectivity index (χ1) is 16.4. The van der Waals surface area contributed by atoms with Gasteiger partial charge in [0, 0.05) is 25.6 Å². The Morgan fingerprint density at radius 1 is 1.06 bits per heavy atom. The topological polar surface area (TPSA) is 41.6 Å². The number of alkyl halides is 5. The van der Waals surface area contributed by atoms with E-state index in [-0.39, 0.29) is 30.2 Å². The fourth-order valence-electron chi connectivity index (χ4n) is 5.45. The first-order valence-electron chi connectivity index (χ1n) is 11.4. The number of likely N-dealkylation sites (tertiary alicyclic amines) is 1. The van der Waals surface area contributed by atoms with Crippen LogP contribution in [-0.4, -0.2) is 43.3 Å². The van der Waals surface area contributed by atoms with Gasteiger partial charge in [0.15, 0.2) is 0 Å². The van der Waals surface area contributed by atoms with Crippen LogP contribution in [0.15, 0.2) is 42.5 Å². The molecule has 4 nitrogen and oxygen atoms in total. The number of benzene rings is 2. The molecule has 4 rings (SSSR count). The fraction of sp³-hybridized carbons (Fsp3) is 0.480. The summed E-state index contributed by atoms with van der Waals surface area (Å²) in [6, 6.07) is 8.43. The lowest BCUT2D eigenvalue weighted by Crippen LogP contribution is -2.53. The first-order valence-corrected chi connectivity index (χ1v) is 11.4. The van der Waals surface area contributed by atoms with Gasteiger partial charge in [-0.2, -0.15) is 8.78 Å². The number of rotatable bonds is 4. The van der Waals surface area contributed by atoms with Crippen molar-refractivity contribution in [2.45, 2.75) is 44.4 Å². The van der Waals surface area contributed by atoms with E-state index in [1.165, 1.54) is 12.1 Å². The molecule has 190 valence electrons. The Kier molecular flexibility index (Phi) is 6.78. The first kappa shape index (κ1) is 25.3. The van der Waals surface area contributed by atoms with Gasteiger partial charge >= 0.3 is 12.3 Å². The number of nitrogens with one attached hydrogen (secondary N) is 1. The van der Waals surface area contributed by atoms with E-state index in [0.717, 1.165) is 53.3 Å². The molecule has 1 atom stereocenters. The van der Waals surface area contributed by atoms with Gasteiger partial charge in [0.1, 0.15) is 11.6 Å². The quantitative estimate of drug-likeness (QED) is 0.563. The molecule has 0 radical (unpaired) electrons. The molecule has 0 saturated carbocycles. The molecular weight excluding hydrogens is 474 g/mol. The number of hydrogen-bond donors (Lipinski definition) is 1. The summed E-state index contributed by atoms with van der Waals surface area (Å²) >= 11 is 0. The summed E-state index contributed by atoms with van der Waals surface area (Å²) in [6.45, 7) is 3.32. The number of piperidine rings is 2. The molecule has 1 spiro atoms. The predicted molar refractivity (Wildman–Crippen MR) is 117 cm³/mol. The van der Waals surface area contributed by atoms with E-state index < -0.39 is 29.5 Å². The number of hydrogen-bond acceptors (Lipinski definition) is 3. The molecule has 35 heavy (non-hydrogen) atoms. The normalized spacial score (nSPS) is 20.7. The number of halogens is 6. The molecule has 2 heterocycles. The molecule has 2 fully saturated rings. The fourth-order valence-corrected chi connectivity index (χ4v) is 5.45. The Morgan fingerprint density at radius 3 is 2.40 bits per heavy atom. The van der Waals surface area contributed by atoms with Crippen molar-refractivity contribution in [1.82, 2.24) is 10.2 Å². The van der Waals surface area contributed by atoms with Crippen LogP contribution in [0.2, 0.25) is 0 Å². The molecule has 0 bridgehead atoms. The van der Waals surface area contributed by atoms with Gasteiger partial charge < -0.3 is 15.0 Å². The minimum atomic E-state index is -5.17. The van der Waals surface area contributed by atoms with Crippen LogP contribution in [0.5, 0.6) is 5.75 Å². The van der Waals surface area contributed by atoms with Gasteiger partial charge in [-0.3, -0.25) is 4.79 Å². The van der Waals surface area contributed by atoms with Gasteiger partial charge in [-0.25, -0.2) is 4.39 Å². The third-order valence-electron chi connectivity index (χ3n) is 7.26. The number of amides is 1. The van der Waals surface area contributed by atoms with Gasteiger partial charge in [0.25, 0.3) is 5.91 Å². The second kappa shape index (κ2) is 9.37. The molecule has 0 unspecified atom stereocenters. The van der Waals surface area contributed by atoms with Gasteiger partial charge in [-0.1, -0.05) is 18.2 Å². The zero-order chi connectivity index (χ0) is 25.4. The van der Waals surface area contributed by atoms with Crippen molar-refractivity contribution < 1.29 is 35.9 Å². The van der Waals surface area contributed by atoms with Gasteiger partial charge in [-0.05, 0) is 73.5 Å². The van der Waals surface area contributed by atoms with Crippen molar-refractivity contribution in [2.24, 2.45) is 5.41 Å². The van der Waals surface area contributed by atoms with E-state index >= 15 is 8.78 Å². The van der Waals surface area contributed by atoms with E-state index in [4.69, 9.17) is 0 Å². The monoisotopic (exact) mass is 500 g/mol. The summed E-state index contributed by atoms with van der Waals surface area (Å²) in [5.41, 5.74) is 0.424. The van der Waals surface area contributed by atoms with Gasteiger partial charge in [0.05, 0.1) is 5.56 Å². The maximum Gasteiger partial charge on any atom is 0.573 e. The number of aryl methyl sites for hydroxylation is 1. The van der Waals surface area contributed by atoms with E-state index in [9.17, 15) is 22.4 Å². The lowest BCUT2D eigenvalue weighted by atomic mass is 9.62. The summed E-state index contributed by atoms with van der Waals surface area (Å²) in [7, 11) is 0. The number of para-hydroxylation sites is 1. The summed E-state index contributed by atoms with van der Waals surface area (Å²) in [5.74, 6) is -7.14. The predicted octanol–water partition coefficient (Wildman–Crippen LogP) is 5.51.